The van der Waals surface area contributed by atoms with Gasteiger partial charge in [-0.05, 0) is 12.1 Å². The Bertz CT molecular complexity index is 1050. The van der Waals surface area contributed by atoms with E-state index in [1.165, 1.54) is 23.5 Å². The van der Waals surface area contributed by atoms with E-state index in [-0.39, 0.29) is 23.4 Å². The monoisotopic (exact) mass is 427 g/mol. The molecular weight excluding hydrogens is 409 g/mol. The second kappa shape index (κ2) is 7.15. The minimum Gasteiger partial charge on any atom is -0.469 e. The van der Waals surface area contributed by atoms with Crippen LogP contribution in [0.3, 0.4) is 0 Å². The summed E-state index contributed by atoms with van der Waals surface area (Å²) < 4.78 is 28.2. The molecule has 4 heterocycles. The summed E-state index contributed by atoms with van der Waals surface area (Å²) >= 11 is 0. The van der Waals surface area contributed by atoms with Crippen molar-refractivity contribution in [2.75, 3.05) is 12.3 Å². The Morgan fingerprint density at radius 3 is 2.79 bits per heavy atom. The number of nitrogens with zero attached hydrogens (tertiary/aromatic N) is 4. The van der Waals surface area contributed by atoms with Gasteiger partial charge in [-0.25, -0.2) is 19.5 Å². The molecule has 0 aliphatic carbocycles. The summed E-state index contributed by atoms with van der Waals surface area (Å²) in [6.07, 6.45) is -0.436. The number of aromatic nitrogens is 4. The van der Waals surface area contributed by atoms with Crippen molar-refractivity contribution < 1.29 is 38.2 Å². The van der Waals surface area contributed by atoms with Crippen LogP contribution in [0.4, 0.5) is 5.82 Å². The molecule has 6 N–H and O–H groups in total. The average molecular weight is 427 g/mol. The van der Waals surface area contributed by atoms with Crippen LogP contribution in [-0.2, 0) is 26.0 Å². The number of imidazole rings is 1. The van der Waals surface area contributed by atoms with Crippen molar-refractivity contribution in [3.05, 3.63) is 36.8 Å². The molecular formula is C15H18N5O8P. The summed E-state index contributed by atoms with van der Waals surface area (Å²) in [6, 6.07) is 3.29. The molecule has 4 atom stereocenters. The second-order valence-corrected chi connectivity index (χ2v) is 7.76. The third-order valence-electron chi connectivity index (χ3n) is 4.71. The molecule has 3 aromatic rings. The third kappa shape index (κ3) is 3.53. The zero-order valence-corrected chi connectivity index (χ0v) is 15.7. The third-order valence-corrected chi connectivity index (χ3v) is 5.19. The van der Waals surface area contributed by atoms with Crippen molar-refractivity contribution in [1.29, 1.82) is 0 Å². The molecule has 0 aromatic carbocycles. The molecule has 156 valence electrons. The molecule has 0 saturated carbocycles. The van der Waals surface area contributed by atoms with E-state index in [0.717, 1.165) is 0 Å². The molecule has 13 nitrogen and oxygen atoms in total. The molecule has 1 aliphatic rings. The lowest BCUT2D eigenvalue weighted by Gasteiger charge is -2.33. The first-order valence-corrected chi connectivity index (χ1v) is 9.95. The van der Waals surface area contributed by atoms with Crippen LogP contribution >= 0.6 is 7.82 Å². The lowest BCUT2D eigenvalue weighted by Crippen LogP contribution is -2.47. The predicted octanol–water partition coefficient (Wildman–Crippen LogP) is -0.873. The topological polar surface area (TPSA) is 199 Å². The number of hydrogen-bond acceptors (Lipinski definition) is 10. The number of anilines is 1. The number of phosphoric acid groups is 1. The first-order valence-electron chi connectivity index (χ1n) is 8.42. The first-order chi connectivity index (χ1) is 13.7. The van der Waals surface area contributed by atoms with Crippen LogP contribution in [0.25, 0.3) is 11.2 Å². The van der Waals surface area contributed by atoms with Crippen LogP contribution in [0.2, 0.25) is 0 Å². The minimum atomic E-state index is -4.82. The van der Waals surface area contributed by atoms with Gasteiger partial charge in [0.15, 0.2) is 17.2 Å². The van der Waals surface area contributed by atoms with Crippen LogP contribution in [0.1, 0.15) is 5.76 Å². The lowest BCUT2D eigenvalue weighted by molar-refractivity contribution is -0.146. The number of phosphoric ester groups is 1. The number of hydrogen-bond donors (Lipinski definition) is 5. The molecule has 1 saturated heterocycles. The van der Waals surface area contributed by atoms with E-state index < -0.39 is 38.5 Å². The van der Waals surface area contributed by atoms with Crippen molar-refractivity contribution in [2.24, 2.45) is 0 Å². The van der Waals surface area contributed by atoms with Gasteiger partial charge in [-0.2, -0.15) is 0 Å². The van der Waals surface area contributed by atoms with E-state index in [1.54, 1.807) is 12.1 Å². The van der Waals surface area contributed by atoms with Gasteiger partial charge in [-0.15, -0.1) is 0 Å². The maximum absolute atomic E-state index is 11.0. The molecule has 4 rings (SSSR count). The summed E-state index contributed by atoms with van der Waals surface area (Å²) in [7, 11) is -4.82. The number of aliphatic hydroxyl groups excluding tert-OH is 2. The standard InChI is InChI=1S/C15H18N5O8P/c16-13-10-14(18-6-17-13)20(7-19-10)15(4-8-2-1-3-26-8)12(22)11(21)9(28-15)5-27-29(23,24)25/h1-3,6-7,9,11-12,21-22H,4-5H2,(H2,16,17,18)(H2,23,24,25)/t9-,11-,12-,15-/m1/s1. The normalized spacial score (nSPS) is 27.7. The maximum atomic E-state index is 11.0. The average Bonchev–Trinajstić information content (AvgIpc) is 3.36. The lowest BCUT2D eigenvalue weighted by atomic mass is 9.97. The Labute approximate surface area is 163 Å². The van der Waals surface area contributed by atoms with Gasteiger partial charge in [0.1, 0.15) is 35.9 Å². The highest BCUT2D eigenvalue weighted by atomic mass is 31.2. The van der Waals surface area contributed by atoms with Crippen LogP contribution < -0.4 is 5.73 Å². The zero-order valence-electron chi connectivity index (χ0n) is 14.8. The van der Waals surface area contributed by atoms with E-state index in [2.05, 4.69) is 19.5 Å². The van der Waals surface area contributed by atoms with Crippen molar-refractivity contribution in [3.63, 3.8) is 0 Å². The van der Waals surface area contributed by atoms with E-state index in [0.29, 0.717) is 5.76 Å². The highest BCUT2D eigenvalue weighted by molar-refractivity contribution is 7.46. The van der Waals surface area contributed by atoms with E-state index in [4.69, 9.17) is 24.7 Å². The Balaban J connectivity index is 1.79. The molecule has 0 radical (unpaired) electrons. The van der Waals surface area contributed by atoms with Gasteiger partial charge in [0.05, 0.1) is 25.6 Å². The molecule has 3 aromatic heterocycles. The van der Waals surface area contributed by atoms with Gasteiger partial charge in [0, 0.05) is 0 Å². The van der Waals surface area contributed by atoms with E-state index in [1.807, 2.05) is 0 Å². The van der Waals surface area contributed by atoms with Gasteiger partial charge < -0.3 is 34.9 Å². The molecule has 1 fully saturated rings. The van der Waals surface area contributed by atoms with Gasteiger partial charge in [0.2, 0.25) is 0 Å². The SMILES string of the molecule is Nc1ncnc2c1ncn2[C@]1(Cc2ccco2)O[C@H](COP(=O)(O)O)[C@@H](O)[C@H]1O. The van der Waals surface area contributed by atoms with Crippen LogP contribution in [0.15, 0.2) is 35.5 Å². The summed E-state index contributed by atoms with van der Waals surface area (Å²) in [4.78, 5) is 30.1. The van der Waals surface area contributed by atoms with Crippen molar-refractivity contribution in [1.82, 2.24) is 19.5 Å². The van der Waals surface area contributed by atoms with Gasteiger partial charge in [-0.3, -0.25) is 9.09 Å². The second-order valence-electron chi connectivity index (χ2n) is 6.52. The quantitative estimate of drug-likeness (QED) is 0.305. The fourth-order valence-electron chi connectivity index (χ4n) is 3.40. The number of rotatable bonds is 6. The Hall–Kier alpha value is -2.38. The summed E-state index contributed by atoms with van der Waals surface area (Å²) in [5.74, 6) is 0.521. The van der Waals surface area contributed by atoms with Crippen LogP contribution in [0.5, 0.6) is 0 Å². The number of nitrogens with two attached hydrogens (primary N) is 1. The van der Waals surface area contributed by atoms with Gasteiger partial charge in [-0.1, -0.05) is 0 Å². The highest BCUT2D eigenvalue weighted by Crippen LogP contribution is 2.43. The molecule has 1 aliphatic heterocycles. The number of nitrogen functional groups attached to an aromatic ring is 1. The fourth-order valence-corrected chi connectivity index (χ4v) is 3.74. The molecule has 0 amide bonds. The number of fused-ring (bicyclic) bond motifs is 1. The fraction of sp³-hybridized carbons (Fsp3) is 0.400. The van der Waals surface area contributed by atoms with Crippen molar-refractivity contribution in [3.8, 4) is 0 Å². The molecule has 0 spiro atoms. The maximum Gasteiger partial charge on any atom is 0.469 e. The van der Waals surface area contributed by atoms with E-state index in [9.17, 15) is 14.8 Å². The number of furan rings is 1. The van der Waals surface area contributed by atoms with Gasteiger partial charge >= 0.3 is 7.82 Å². The first kappa shape index (κ1) is 19.9. The minimum absolute atomic E-state index is 0.0556. The van der Waals surface area contributed by atoms with E-state index >= 15 is 0 Å². The van der Waals surface area contributed by atoms with Gasteiger partial charge in [0.25, 0.3) is 0 Å². The van der Waals surface area contributed by atoms with Crippen LogP contribution in [0, 0.1) is 0 Å². The Morgan fingerprint density at radius 2 is 2.10 bits per heavy atom. The van der Waals surface area contributed by atoms with Crippen molar-refractivity contribution >= 4 is 24.8 Å². The summed E-state index contributed by atoms with van der Waals surface area (Å²) in [6.45, 7) is -0.661. The smallest absolute Gasteiger partial charge is 0.469 e. The predicted molar refractivity (Wildman–Crippen MR) is 95.0 cm³/mol. The van der Waals surface area contributed by atoms with Crippen LogP contribution in [-0.4, -0.2) is 64.4 Å². The molecule has 14 heteroatoms. The molecule has 29 heavy (non-hydrogen) atoms. The number of ether oxygens (including phenoxy) is 1. The van der Waals surface area contributed by atoms with Crippen molar-refractivity contribution in [2.45, 2.75) is 30.5 Å². The molecule has 0 bridgehead atoms. The zero-order chi connectivity index (χ0) is 20.8. The number of aliphatic hydroxyl groups is 2. The molecule has 0 unspecified atom stereocenters. The highest BCUT2D eigenvalue weighted by Gasteiger charge is 2.57. The Morgan fingerprint density at radius 1 is 1.31 bits per heavy atom. The summed E-state index contributed by atoms with van der Waals surface area (Å²) in [5, 5.41) is 21.4. The summed E-state index contributed by atoms with van der Waals surface area (Å²) in [5.41, 5.74) is 4.64. The largest absolute Gasteiger partial charge is 0.469 e. The Kier molecular flexibility index (Phi) is 4.91.